The topological polar surface area (TPSA) is 89.0 Å². The number of halogens is 2. The van der Waals surface area contributed by atoms with Gasteiger partial charge in [-0.15, -0.1) is 0 Å². The van der Waals surface area contributed by atoms with Crippen LogP contribution in [0.1, 0.15) is 17.2 Å². The third-order valence-electron chi connectivity index (χ3n) is 6.01. The van der Waals surface area contributed by atoms with Crippen molar-refractivity contribution in [2.75, 3.05) is 18.1 Å². The van der Waals surface area contributed by atoms with Crippen LogP contribution >= 0.6 is 22.9 Å². The number of carbonyl (C=O) groups excluding carboxylic acids is 2. The Bertz CT molecular complexity index is 1600. The van der Waals surface area contributed by atoms with Crippen LogP contribution in [-0.4, -0.2) is 35.0 Å². The number of aromatic nitrogens is 1. The third kappa shape index (κ3) is 3.59. The summed E-state index contributed by atoms with van der Waals surface area (Å²) in [6.07, 6.45) is 0. The summed E-state index contributed by atoms with van der Waals surface area (Å²) in [5.74, 6) is -2.07. The van der Waals surface area contributed by atoms with Gasteiger partial charge >= 0.3 is 5.91 Å². The van der Waals surface area contributed by atoms with Gasteiger partial charge in [0.2, 0.25) is 0 Å². The van der Waals surface area contributed by atoms with Crippen molar-refractivity contribution in [3.63, 3.8) is 0 Å². The number of aliphatic hydroxyl groups excluding tert-OH is 1. The molecule has 0 unspecified atom stereocenters. The first-order valence-electron chi connectivity index (χ1n) is 10.9. The van der Waals surface area contributed by atoms with E-state index in [0.717, 1.165) is 16.2 Å². The Morgan fingerprint density at radius 3 is 2.64 bits per heavy atom. The lowest BCUT2D eigenvalue weighted by molar-refractivity contribution is -0.132. The maximum Gasteiger partial charge on any atom is 0.301 e. The van der Waals surface area contributed by atoms with Crippen molar-refractivity contribution in [2.24, 2.45) is 0 Å². The van der Waals surface area contributed by atoms with Crippen LogP contribution in [0.25, 0.3) is 16.0 Å². The molecule has 0 radical (unpaired) electrons. The van der Waals surface area contributed by atoms with Gasteiger partial charge in [-0.05, 0) is 42.5 Å². The number of hydrogen-bond acceptors (Lipinski definition) is 7. The predicted octanol–water partition coefficient (Wildman–Crippen LogP) is 5.49. The molecule has 0 spiro atoms. The van der Waals surface area contributed by atoms with E-state index in [-0.39, 0.29) is 21.8 Å². The van der Waals surface area contributed by atoms with Crippen molar-refractivity contribution >= 4 is 55.7 Å². The van der Waals surface area contributed by atoms with Gasteiger partial charge in [-0.3, -0.25) is 14.5 Å². The van der Waals surface area contributed by atoms with Gasteiger partial charge in [-0.1, -0.05) is 41.1 Å². The Balaban J connectivity index is 1.55. The Morgan fingerprint density at radius 2 is 1.83 bits per heavy atom. The summed E-state index contributed by atoms with van der Waals surface area (Å²) < 4.78 is 26.9. The molecule has 0 aliphatic carbocycles. The second kappa shape index (κ2) is 8.61. The zero-order valence-corrected chi connectivity index (χ0v) is 20.0. The van der Waals surface area contributed by atoms with Gasteiger partial charge in [0.05, 0.1) is 15.8 Å². The van der Waals surface area contributed by atoms with E-state index in [1.165, 1.54) is 24.3 Å². The minimum absolute atomic E-state index is 0.0491. The number of benzene rings is 3. The predicted molar refractivity (Wildman–Crippen MR) is 133 cm³/mol. The van der Waals surface area contributed by atoms with Crippen molar-refractivity contribution < 1.29 is 28.6 Å². The molecule has 2 aliphatic rings. The highest BCUT2D eigenvalue weighted by Gasteiger charge is 2.49. The Labute approximate surface area is 213 Å². The Hall–Kier alpha value is -3.95. The number of fused-ring (bicyclic) bond motifs is 2. The number of amides is 1. The summed E-state index contributed by atoms with van der Waals surface area (Å²) in [5.41, 5.74) is 0.599. The van der Waals surface area contributed by atoms with E-state index in [0.29, 0.717) is 40.0 Å². The SMILES string of the molecule is O=C1C(=O)N(c2nc3ccc(Cl)cc3s2)[C@H](c2ccccc2F)/C1=C(\O)c1ccc2c(c1)OCCO2. The smallest absolute Gasteiger partial charge is 0.301 e. The number of nitrogens with zero attached hydrogens (tertiary/aromatic N) is 2. The maximum absolute atomic E-state index is 15.1. The summed E-state index contributed by atoms with van der Waals surface area (Å²) >= 11 is 7.24. The fourth-order valence-corrected chi connectivity index (χ4v) is 5.62. The molecule has 3 heterocycles. The van der Waals surface area contributed by atoms with E-state index in [1.54, 1.807) is 36.4 Å². The quantitative estimate of drug-likeness (QED) is 0.217. The lowest BCUT2D eigenvalue weighted by Crippen LogP contribution is -2.29. The summed E-state index contributed by atoms with van der Waals surface area (Å²) in [4.78, 5) is 32.3. The summed E-state index contributed by atoms with van der Waals surface area (Å²) in [6.45, 7) is 0.725. The van der Waals surface area contributed by atoms with Crippen molar-refractivity contribution in [3.8, 4) is 11.5 Å². The molecule has 0 saturated carbocycles. The molecule has 180 valence electrons. The van der Waals surface area contributed by atoms with Crippen LogP contribution in [0.15, 0.2) is 66.2 Å². The van der Waals surface area contributed by atoms with E-state index in [4.69, 9.17) is 21.1 Å². The molecule has 1 N–H and O–H groups in total. The second-order valence-electron chi connectivity index (χ2n) is 8.16. The number of thiazole rings is 1. The fraction of sp³-hybridized carbons (Fsp3) is 0.115. The van der Waals surface area contributed by atoms with Crippen LogP contribution in [-0.2, 0) is 9.59 Å². The Morgan fingerprint density at radius 1 is 1.06 bits per heavy atom. The summed E-state index contributed by atoms with van der Waals surface area (Å²) in [7, 11) is 0. The molecule has 1 atom stereocenters. The summed E-state index contributed by atoms with van der Waals surface area (Å²) in [5, 5.41) is 12.0. The lowest BCUT2D eigenvalue weighted by atomic mass is 9.95. The van der Waals surface area contributed by atoms with Gasteiger partial charge in [-0.2, -0.15) is 0 Å². The monoisotopic (exact) mass is 522 g/mol. The molecular weight excluding hydrogens is 507 g/mol. The largest absolute Gasteiger partial charge is 0.507 e. The van der Waals surface area contributed by atoms with E-state index in [9.17, 15) is 14.7 Å². The zero-order chi connectivity index (χ0) is 25.0. The first-order chi connectivity index (χ1) is 17.4. The summed E-state index contributed by atoms with van der Waals surface area (Å²) in [6, 6.07) is 14.3. The zero-order valence-electron chi connectivity index (χ0n) is 18.4. The highest BCUT2D eigenvalue weighted by molar-refractivity contribution is 7.22. The van der Waals surface area contributed by atoms with Crippen molar-refractivity contribution in [1.29, 1.82) is 0 Å². The lowest BCUT2D eigenvalue weighted by Gasteiger charge is -2.23. The molecule has 36 heavy (non-hydrogen) atoms. The molecule has 3 aromatic carbocycles. The van der Waals surface area contributed by atoms with Gasteiger partial charge < -0.3 is 14.6 Å². The molecule has 6 rings (SSSR count). The van der Waals surface area contributed by atoms with Crippen LogP contribution < -0.4 is 14.4 Å². The molecule has 1 fully saturated rings. The third-order valence-corrected chi connectivity index (χ3v) is 7.26. The molecule has 1 saturated heterocycles. The molecular formula is C26H16ClFN2O5S. The van der Waals surface area contributed by atoms with Gasteiger partial charge in [-0.25, -0.2) is 9.37 Å². The van der Waals surface area contributed by atoms with E-state index in [2.05, 4.69) is 4.98 Å². The van der Waals surface area contributed by atoms with Gasteiger partial charge in [0, 0.05) is 16.1 Å². The van der Waals surface area contributed by atoms with Crippen molar-refractivity contribution in [1.82, 2.24) is 4.98 Å². The van der Waals surface area contributed by atoms with Crippen molar-refractivity contribution in [2.45, 2.75) is 6.04 Å². The number of rotatable bonds is 3. The average Bonchev–Trinajstić information content (AvgIpc) is 3.41. The van der Waals surface area contributed by atoms with Gasteiger partial charge in [0.1, 0.15) is 30.8 Å². The number of aliphatic hydroxyl groups is 1. The fourth-order valence-electron chi connectivity index (χ4n) is 4.36. The normalized spacial score (nSPS) is 18.7. The first-order valence-corrected chi connectivity index (χ1v) is 12.1. The second-order valence-corrected chi connectivity index (χ2v) is 9.60. The molecule has 10 heteroatoms. The van der Waals surface area contributed by atoms with E-state index < -0.39 is 29.3 Å². The highest BCUT2D eigenvalue weighted by Crippen LogP contribution is 2.45. The van der Waals surface area contributed by atoms with Crippen molar-refractivity contribution in [3.05, 3.63) is 88.2 Å². The molecule has 2 aliphatic heterocycles. The van der Waals surface area contributed by atoms with Crippen LogP contribution in [0, 0.1) is 5.82 Å². The van der Waals surface area contributed by atoms with Gasteiger partial charge in [0.25, 0.3) is 5.78 Å². The molecule has 4 aromatic rings. The number of carbonyl (C=O) groups is 2. The number of Topliss-reactive ketones (excluding diaryl/α,β-unsaturated/α-hetero) is 1. The van der Waals surface area contributed by atoms with Crippen LogP contribution in [0.3, 0.4) is 0 Å². The molecule has 1 amide bonds. The van der Waals surface area contributed by atoms with E-state index in [1.807, 2.05) is 0 Å². The first kappa shape index (κ1) is 22.5. The molecule has 7 nitrogen and oxygen atoms in total. The maximum atomic E-state index is 15.1. The van der Waals surface area contributed by atoms with Crippen LogP contribution in [0.2, 0.25) is 5.02 Å². The number of hydrogen-bond donors (Lipinski definition) is 1. The van der Waals surface area contributed by atoms with Crippen LogP contribution in [0.4, 0.5) is 9.52 Å². The highest BCUT2D eigenvalue weighted by atomic mass is 35.5. The minimum atomic E-state index is -1.24. The van der Waals surface area contributed by atoms with Crippen LogP contribution in [0.5, 0.6) is 11.5 Å². The number of anilines is 1. The molecule has 0 bridgehead atoms. The number of ether oxygens (including phenoxy) is 2. The standard InChI is InChI=1S/C26H16ClFN2O5S/c27-14-6-7-17-20(12-14)36-26(29-17)30-22(15-3-1-2-4-16(15)28)21(24(32)25(30)33)23(31)13-5-8-18-19(11-13)35-10-9-34-18/h1-8,11-12,22,31H,9-10H2/b23-21+/t22-/m1/s1. The minimum Gasteiger partial charge on any atom is -0.507 e. The van der Waals surface area contributed by atoms with E-state index >= 15 is 4.39 Å². The Kier molecular flexibility index (Phi) is 5.39. The molecule has 1 aromatic heterocycles. The number of ketones is 1. The van der Waals surface area contributed by atoms with Gasteiger partial charge in [0.15, 0.2) is 16.6 Å². The average molecular weight is 523 g/mol.